The van der Waals surface area contributed by atoms with Gasteiger partial charge >= 0.3 is 0 Å². The molecule has 1 unspecified atom stereocenters. The summed E-state index contributed by atoms with van der Waals surface area (Å²) in [7, 11) is 0. The SMILES string of the molecule is Cc1ccc(C)c(C2CCCN2C(=O)Cn2cc(C(=O)NCc3ccccc3)ccc2=O)c1. The summed E-state index contributed by atoms with van der Waals surface area (Å²) in [6, 6.07) is 18.8. The Kier molecular flexibility index (Phi) is 6.73. The van der Waals surface area contributed by atoms with E-state index in [1.165, 1.54) is 39.6 Å². The summed E-state index contributed by atoms with van der Waals surface area (Å²) in [6.45, 7) is 5.10. The van der Waals surface area contributed by atoms with E-state index in [-0.39, 0.29) is 30.0 Å². The number of carbonyl (C=O) groups excluding carboxylic acids is 2. The van der Waals surface area contributed by atoms with Crippen molar-refractivity contribution in [1.82, 2.24) is 14.8 Å². The molecule has 0 spiro atoms. The summed E-state index contributed by atoms with van der Waals surface area (Å²) in [6.07, 6.45) is 3.32. The smallest absolute Gasteiger partial charge is 0.253 e. The van der Waals surface area contributed by atoms with Crippen LogP contribution in [-0.4, -0.2) is 27.8 Å². The number of nitrogens with one attached hydrogen (secondary N) is 1. The minimum absolute atomic E-state index is 0.0189. The largest absolute Gasteiger partial charge is 0.348 e. The van der Waals surface area contributed by atoms with Gasteiger partial charge in [0, 0.05) is 25.4 Å². The fraction of sp³-hybridized carbons (Fsp3) is 0.296. The highest BCUT2D eigenvalue weighted by molar-refractivity contribution is 5.93. The first-order chi connectivity index (χ1) is 15.9. The van der Waals surface area contributed by atoms with Crippen LogP contribution < -0.4 is 10.9 Å². The number of pyridine rings is 1. The molecule has 1 saturated heterocycles. The molecule has 170 valence electrons. The number of aromatic nitrogens is 1. The van der Waals surface area contributed by atoms with Gasteiger partial charge in [0.15, 0.2) is 0 Å². The first-order valence-electron chi connectivity index (χ1n) is 11.3. The molecular weight excluding hydrogens is 414 g/mol. The molecule has 2 amide bonds. The van der Waals surface area contributed by atoms with Crippen molar-refractivity contribution in [3.05, 3.63) is 105 Å². The lowest BCUT2D eigenvalue weighted by Gasteiger charge is -2.27. The Balaban J connectivity index is 1.48. The molecule has 6 nitrogen and oxygen atoms in total. The molecule has 2 aromatic carbocycles. The normalized spacial score (nSPS) is 15.5. The monoisotopic (exact) mass is 443 g/mol. The molecule has 1 atom stereocenters. The molecule has 4 rings (SSSR count). The van der Waals surface area contributed by atoms with E-state index in [4.69, 9.17) is 0 Å². The Labute approximate surface area is 193 Å². The zero-order valence-corrected chi connectivity index (χ0v) is 19.1. The van der Waals surface area contributed by atoms with Gasteiger partial charge in [-0.2, -0.15) is 0 Å². The van der Waals surface area contributed by atoms with Gasteiger partial charge < -0.3 is 14.8 Å². The second-order valence-corrected chi connectivity index (χ2v) is 8.66. The molecular formula is C27H29N3O3. The van der Waals surface area contributed by atoms with Gasteiger partial charge in [0.05, 0.1) is 11.6 Å². The molecule has 33 heavy (non-hydrogen) atoms. The second-order valence-electron chi connectivity index (χ2n) is 8.66. The van der Waals surface area contributed by atoms with E-state index in [1.807, 2.05) is 35.2 Å². The van der Waals surface area contributed by atoms with Crippen molar-refractivity contribution in [1.29, 1.82) is 0 Å². The van der Waals surface area contributed by atoms with Crippen LogP contribution in [0, 0.1) is 13.8 Å². The third-order valence-electron chi connectivity index (χ3n) is 6.21. The molecule has 0 aliphatic carbocycles. The van der Waals surface area contributed by atoms with Crippen molar-refractivity contribution >= 4 is 11.8 Å². The van der Waals surface area contributed by atoms with E-state index >= 15 is 0 Å². The van der Waals surface area contributed by atoms with E-state index in [9.17, 15) is 14.4 Å². The molecule has 0 saturated carbocycles. The van der Waals surface area contributed by atoms with Gasteiger partial charge in [0.2, 0.25) is 5.91 Å². The lowest BCUT2D eigenvalue weighted by Crippen LogP contribution is -2.36. The average molecular weight is 444 g/mol. The molecule has 1 aromatic heterocycles. The molecule has 3 aromatic rings. The Morgan fingerprint density at radius 2 is 1.82 bits per heavy atom. The lowest BCUT2D eigenvalue weighted by atomic mass is 9.97. The Bertz CT molecular complexity index is 1220. The third-order valence-corrected chi connectivity index (χ3v) is 6.21. The fourth-order valence-electron chi connectivity index (χ4n) is 4.41. The number of likely N-dealkylation sites (tertiary alicyclic amines) is 1. The van der Waals surface area contributed by atoms with Gasteiger partial charge in [-0.25, -0.2) is 0 Å². The molecule has 2 heterocycles. The quantitative estimate of drug-likeness (QED) is 0.631. The predicted molar refractivity (Wildman–Crippen MR) is 128 cm³/mol. The van der Waals surface area contributed by atoms with E-state index < -0.39 is 0 Å². The third kappa shape index (κ3) is 5.22. The summed E-state index contributed by atoms with van der Waals surface area (Å²) >= 11 is 0. The lowest BCUT2D eigenvalue weighted by molar-refractivity contribution is -0.132. The van der Waals surface area contributed by atoms with Crippen molar-refractivity contribution in [3.8, 4) is 0 Å². The van der Waals surface area contributed by atoms with Gasteiger partial charge in [0.25, 0.3) is 11.5 Å². The summed E-state index contributed by atoms with van der Waals surface area (Å²) < 4.78 is 1.33. The van der Waals surface area contributed by atoms with Gasteiger partial charge in [-0.15, -0.1) is 0 Å². The summed E-state index contributed by atoms with van der Waals surface area (Å²) in [5.41, 5.74) is 4.54. The van der Waals surface area contributed by atoms with Crippen LogP contribution in [0.3, 0.4) is 0 Å². The number of amides is 2. The number of benzene rings is 2. The average Bonchev–Trinajstić information content (AvgIpc) is 3.31. The molecule has 1 fully saturated rings. The van der Waals surface area contributed by atoms with Gasteiger partial charge in [-0.05, 0) is 49.4 Å². The molecule has 0 radical (unpaired) electrons. The number of nitrogens with zero attached hydrogens (tertiary/aromatic N) is 2. The van der Waals surface area contributed by atoms with Crippen molar-refractivity contribution in [2.24, 2.45) is 0 Å². The maximum Gasteiger partial charge on any atom is 0.253 e. The summed E-state index contributed by atoms with van der Waals surface area (Å²) in [5, 5.41) is 2.86. The molecule has 6 heteroatoms. The van der Waals surface area contributed by atoms with Crippen LogP contribution in [0.4, 0.5) is 0 Å². The predicted octanol–water partition coefficient (Wildman–Crippen LogP) is 3.76. The number of rotatable bonds is 6. The van der Waals surface area contributed by atoms with E-state index in [2.05, 4.69) is 37.4 Å². The number of hydrogen-bond donors (Lipinski definition) is 1. The Hall–Kier alpha value is -3.67. The molecule has 1 aliphatic heterocycles. The first kappa shape index (κ1) is 22.5. The zero-order valence-electron chi connectivity index (χ0n) is 19.1. The van der Waals surface area contributed by atoms with Crippen molar-refractivity contribution in [2.75, 3.05) is 6.54 Å². The van der Waals surface area contributed by atoms with Crippen molar-refractivity contribution in [2.45, 2.75) is 45.8 Å². The highest BCUT2D eigenvalue weighted by Gasteiger charge is 2.31. The fourth-order valence-corrected chi connectivity index (χ4v) is 4.41. The minimum atomic E-state index is -0.301. The van der Waals surface area contributed by atoms with E-state index in [0.717, 1.165) is 18.4 Å². The topological polar surface area (TPSA) is 71.4 Å². The highest BCUT2D eigenvalue weighted by Crippen LogP contribution is 2.34. The van der Waals surface area contributed by atoms with Crippen molar-refractivity contribution in [3.63, 3.8) is 0 Å². The van der Waals surface area contributed by atoms with Gasteiger partial charge in [-0.1, -0.05) is 54.1 Å². The maximum absolute atomic E-state index is 13.2. The van der Waals surface area contributed by atoms with Crippen LogP contribution in [0.2, 0.25) is 0 Å². The first-order valence-corrected chi connectivity index (χ1v) is 11.3. The number of aryl methyl sites for hydroxylation is 2. The Morgan fingerprint density at radius 3 is 2.61 bits per heavy atom. The second kappa shape index (κ2) is 9.86. The molecule has 1 N–H and O–H groups in total. The molecule has 0 bridgehead atoms. The minimum Gasteiger partial charge on any atom is -0.348 e. The van der Waals surface area contributed by atoms with Gasteiger partial charge in [-0.3, -0.25) is 14.4 Å². The molecule has 1 aliphatic rings. The van der Waals surface area contributed by atoms with Crippen LogP contribution in [0.5, 0.6) is 0 Å². The van der Waals surface area contributed by atoms with Crippen LogP contribution in [0.1, 0.15) is 51.5 Å². The highest BCUT2D eigenvalue weighted by atomic mass is 16.2. The maximum atomic E-state index is 13.2. The van der Waals surface area contributed by atoms with Crippen LogP contribution in [-0.2, 0) is 17.9 Å². The zero-order chi connectivity index (χ0) is 23.4. The van der Waals surface area contributed by atoms with Crippen LogP contribution in [0.15, 0.2) is 71.7 Å². The van der Waals surface area contributed by atoms with Crippen LogP contribution >= 0.6 is 0 Å². The van der Waals surface area contributed by atoms with Crippen molar-refractivity contribution < 1.29 is 9.59 Å². The number of hydrogen-bond acceptors (Lipinski definition) is 3. The van der Waals surface area contributed by atoms with Crippen LogP contribution in [0.25, 0.3) is 0 Å². The van der Waals surface area contributed by atoms with E-state index in [0.29, 0.717) is 18.7 Å². The van der Waals surface area contributed by atoms with Gasteiger partial charge in [0.1, 0.15) is 6.54 Å². The number of carbonyl (C=O) groups is 2. The van der Waals surface area contributed by atoms with E-state index in [1.54, 1.807) is 0 Å². The summed E-state index contributed by atoms with van der Waals surface area (Å²) in [4.78, 5) is 40.1. The summed E-state index contributed by atoms with van der Waals surface area (Å²) in [5.74, 6) is -0.392. The Morgan fingerprint density at radius 1 is 1.03 bits per heavy atom. The standard InChI is InChI=1S/C27H29N3O3/c1-19-10-11-20(2)23(15-19)24-9-6-14-30(24)26(32)18-29-17-22(12-13-25(29)31)27(33)28-16-21-7-4-3-5-8-21/h3-5,7-8,10-13,15,17,24H,6,9,14,16,18H2,1-2H3,(H,28,33).